The summed E-state index contributed by atoms with van der Waals surface area (Å²) in [5, 5.41) is 0. The molecule has 0 rings (SSSR count). The molecule has 0 saturated heterocycles. The molecule has 1 atom stereocenters. The fourth-order valence-corrected chi connectivity index (χ4v) is 1.90. The van der Waals surface area contributed by atoms with Gasteiger partial charge in [0.2, 0.25) is 5.91 Å². The van der Waals surface area contributed by atoms with Crippen LogP contribution in [0.1, 0.15) is 32.6 Å². The maximum Gasteiger partial charge on any atom is 0.222 e. The van der Waals surface area contributed by atoms with Crippen molar-refractivity contribution in [3.05, 3.63) is 0 Å². The third kappa shape index (κ3) is 6.79. The van der Waals surface area contributed by atoms with E-state index in [9.17, 15) is 4.79 Å². The number of nitrogens with two attached hydrogens (primary N) is 1. The Balaban J connectivity index is 3.75. The predicted octanol–water partition coefficient (Wildman–Crippen LogP) is 1.72. The Morgan fingerprint density at radius 2 is 2.13 bits per heavy atom. The van der Waals surface area contributed by atoms with Crippen molar-refractivity contribution in [2.24, 2.45) is 5.73 Å². The summed E-state index contributed by atoms with van der Waals surface area (Å²) in [5.41, 5.74) is 5.39. The number of hydrogen-bond acceptors (Lipinski definition) is 3. The zero-order chi connectivity index (χ0) is 11.7. The highest BCUT2D eigenvalue weighted by molar-refractivity contribution is 7.98. The summed E-state index contributed by atoms with van der Waals surface area (Å²) in [6.07, 6.45) is 5.65. The zero-order valence-electron chi connectivity index (χ0n) is 10.2. The van der Waals surface area contributed by atoms with E-state index in [1.807, 2.05) is 23.7 Å². The van der Waals surface area contributed by atoms with Crippen LogP contribution in [0.5, 0.6) is 0 Å². The zero-order valence-corrected chi connectivity index (χ0v) is 11.0. The molecule has 0 bridgehead atoms. The summed E-state index contributed by atoms with van der Waals surface area (Å²) in [6.45, 7) is 2.79. The highest BCUT2D eigenvalue weighted by Gasteiger charge is 2.14. The first kappa shape index (κ1) is 14.8. The molecule has 0 aliphatic rings. The predicted molar refractivity (Wildman–Crippen MR) is 68.1 cm³/mol. The molecule has 0 saturated carbocycles. The van der Waals surface area contributed by atoms with Gasteiger partial charge in [0.25, 0.3) is 0 Å². The number of unbranched alkanes of at least 4 members (excludes halogenated alkanes) is 1. The highest BCUT2D eigenvalue weighted by atomic mass is 32.2. The van der Waals surface area contributed by atoms with Gasteiger partial charge in [0.05, 0.1) is 0 Å². The maximum atomic E-state index is 11.7. The van der Waals surface area contributed by atoms with Gasteiger partial charge in [0, 0.05) is 19.5 Å². The Hall–Kier alpha value is -0.220. The van der Waals surface area contributed by atoms with Crippen LogP contribution in [-0.2, 0) is 4.79 Å². The maximum absolute atomic E-state index is 11.7. The van der Waals surface area contributed by atoms with Gasteiger partial charge in [-0.15, -0.1) is 0 Å². The second kappa shape index (κ2) is 9.04. The molecule has 0 radical (unpaired) electrons. The summed E-state index contributed by atoms with van der Waals surface area (Å²) in [6, 6.07) is 0.350. The molecule has 1 unspecified atom stereocenters. The summed E-state index contributed by atoms with van der Waals surface area (Å²) in [4.78, 5) is 13.6. The number of amides is 1. The van der Waals surface area contributed by atoms with Crippen molar-refractivity contribution < 1.29 is 4.79 Å². The van der Waals surface area contributed by atoms with Crippen LogP contribution in [0.25, 0.3) is 0 Å². The molecule has 2 N–H and O–H groups in total. The minimum atomic E-state index is 0.247. The van der Waals surface area contributed by atoms with E-state index in [-0.39, 0.29) is 5.91 Å². The van der Waals surface area contributed by atoms with E-state index in [0.29, 0.717) is 19.0 Å². The lowest BCUT2D eigenvalue weighted by atomic mass is 10.2. The molecule has 0 heterocycles. The van der Waals surface area contributed by atoms with E-state index in [4.69, 9.17) is 5.73 Å². The highest BCUT2D eigenvalue weighted by Crippen LogP contribution is 2.08. The summed E-state index contributed by atoms with van der Waals surface area (Å²) in [5.74, 6) is 1.36. The quantitative estimate of drug-likeness (QED) is 0.648. The van der Waals surface area contributed by atoms with Crippen LogP contribution in [0.4, 0.5) is 0 Å². The third-order valence-corrected chi connectivity index (χ3v) is 3.28. The van der Waals surface area contributed by atoms with Crippen LogP contribution in [0.3, 0.4) is 0 Å². The van der Waals surface area contributed by atoms with Crippen molar-refractivity contribution in [2.45, 2.75) is 38.6 Å². The number of carbonyl (C=O) groups excluding carboxylic acids is 1. The number of rotatable bonds is 8. The fraction of sp³-hybridized carbons (Fsp3) is 0.909. The Bertz CT molecular complexity index is 176. The standard InChI is InChI=1S/C11H24N2OS/c1-10(7-9-15-3)13(2)11(14)6-4-5-8-12/h10H,4-9,12H2,1-3H3. The minimum Gasteiger partial charge on any atom is -0.343 e. The first-order valence-electron chi connectivity index (χ1n) is 5.58. The van der Waals surface area contributed by atoms with E-state index in [1.165, 1.54) is 0 Å². The van der Waals surface area contributed by atoms with Crippen LogP contribution in [-0.4, -0.2) is 42.4 Å². The van der Waals surface area contributed by atoms with Gasteiger partial charge < -0.3 is 10.6 Å². The average molecular weight is 232 g/mol. The van der Waals surface area contributed by atoms with Crippen LogP contribution in [0.15, 0.2) is 0 Å². The Morgan fingerprint density at radius 1 is 1.47 bits per heavy atom. The van der Waals surface area contributed by atoms with Crippen LogP contribution >= 0.6 is 11.8 Å². The summed E-state index contributed by atoms with van der Waals surface area (Å²) >= 11 is 1.83. The molecule has 15 heavy (non-hydrogen) atoms. The smallest absolute Gasteiger partial charge is 0.222 e. The normalized spacial score (nSPS) is 12.5. The van der Waals surface area contributed by atoms with Crippen molar-refractivity contribution in [2.75, 3.05) is 25.6 Å². The van der Waals surface area contributed by atoms with Gasteiger partial charge in [0.1, 0.15) is 0 Å². The van der Waals surface area contributed by atoms with E-state index in [0.717, 1.165) is 25.0 Å². The molecule has 0 aromatic carbocycles. The third-order valence-electron chi connectivity index (χ3n) is 2.64. The molecule has 1 amide bonds. The van der Waals surface area contributed by atoms with Crippen molar-refractivity contribution in [1.29, 1.82) is 0 Å². The van der Waals surface area contributed by atoms with Crippen LogP contribution in [0.2, 0.25) is 0 Å². The topological polar surface area (TPSA) is 46.3 Å². The summed E-state index contributed by atoms with van der Waals surface area (Å²) in [7, 11) is 1.90. The van der Waals surface area contributed by atoms with E-state index < -0.39 is 0 Å². The molecule has 0 aromatic heterocycles. The molecular formula is C11H24N2OS. The second-order valence-electron chi connectivity index (χ2n) is 3.88. The Morgan fingerprint density at radius 3 is 2.67 bits per heavy atom. The van der Waals surface area contributed by atoms with Crippen molar-refractivity contribution >= 4 is 17.7 Å². The number of hydrogen-bond donors (Lipinski definition) is 1. The van der Waals surface area contributed by atoms with Crippen molar-refractivity contribution in [3.63, 3.8) is 0 Å². The lowest BCUT2D eigenvalue weighted by Crippen LogP contribution is -2.35. The molecule has 0 aliphatic carbocycles. The number of carbonyl (C=O) groups is 1. The molecule has 0 spiro atoms. The van der Waals surface area contributed by atoms with Gasteiger partial charge in [-0.1, -0.05) is 0 Å². The minimum absolute atomic E-state index is 0.247. The first-order valence-corrected chi connectivity index (χ1v) is 6.97. The van der Waals surface area contributed by atoms with Gasteiger partial charge in [-0.3, -0.25) is 4.79 Å². The fourth-order valence-electron chi connectivity index (χ4n) is 1.32. The van der Waals surface area contributed by atoms with Crippen LogP contribution < -0.4 is 5.73 Å². The monoisotopic (exact) mass is 232 g/mol. The molecule has 0 aliphatic heterocycles. The van der Waals surface area contributed by atoms with Gasteiger partial charge in [0.15, 0.2) is 0 Å². The Labute approximate surface area is 97.8 Å². The molecule has 0 fully saturated rings. The number of thioether (sulfide) groups is 1. The van der Waals surface area contributed by atoms with Crippen molar-refractivity contribution in [1.82, 2.24) is 4.90 Å². The van der Waals surface area contributed by atoms with Gasteiger partial charge in [-0.05, 0) is 44.7 Å². The first-order chi connectivity index (χ1) is 7.13. The van der Waals surface area contributed by atoms with Crippen LogP contribution in [0, 0.1) is 0 Å². The molecule has 90 valence electrons. The lowest BCUT2D eigenvalue weighted by molar-refractivity contribution is -0.131. The number of nitrogens with zero attached hydrogens (tertiary/aromatic N) is 1. The van der Waals surface area contributed by atoms with Crippen molar-refractivity contribution in [3.8, 4) is 0 Å². The SMILES string of the molecule is CSCCC(C)N(C)C(=O)CCCCN. The van der Waals surface area contributed by atoms with E-state index >= 15 is 0 Å². The lowest BCUT2D eigenvalue weighted by Gasteiger charge is -2.24. The molecule has 4 heteroatoms. The molecule has 3 nitrogen and oxygen atoms in total. The van der Waals surface area contributed by atoms with Gasteiger partial charge in [-0.25, -0.2) is 0 Å². The summed E-state index contributed by atoms with van der Waals surface area (Å²) < 4.78 is 0. The molecular weight excluding hydrogens is 208 g/mol. The molecule has 0 aromatic rings. The van der Waals surface area contributed by atoms with Gasteiger partial charge in [-0.2, -0.15) is 11.8 Å². The van der Waals surface area contributed by atoms with E-state index in [2.05, 4.69) is 13.2 Å². The average Bonchev–Trinajstić information content (AvgIpc) is 2.24. The Kier molecular flexibility index (Phi) is 8.91. The van der Waals surface area contributed by atoms with E-state index in [1.54, 1.807) is 0 Å². The largest absolute Gasteiger partial charge is 0.343 e. The van der Waals surface area contributed by atoms with Gasteiger partial charge >= 0.3 is 0 Å². The second-order valence-corrected chi connectivity index (χ2v) is 4.87.